The van der Waals surface area contributed by atoms with Crippen LogP contribution >= 0.6 is 35.7 Å². The zero-order valence-corrected chi connectivity index (χ0v) is 40.8. The highest BCUT2D eigenvalue weighted by Gasteiger charge is 2.38. The van der Waals surface area contributed by atoms with Gasteiger partial charge >= 0.3 is 30.5 Å². The number of fused-ring (bicyclic) bond motifs is 3. The molecular formula is C51H41F17O4S3. The number of carbonyl (C=O) groups excluding carboxylic acids is 2. The highest BCUT2D eigenvalue weighted by molar-refractivity contribution is 7.99. The lowest BCUT2D eigenvalue weighted by Crippen LogP contribution is -2.10. The summed E-state index contributed by atoms with van der Waals surface area (Å²) in [5, 5.41) is 0.720. The van der Waals surface area contributed by atoms with E-state index in [2.05, 4.69) is 17.4 Å². The predicted molar refractivity (Wildman–Crippen MR) is 256 cm³/mol. The van der Waals surface area contributed by atoms with E-state index >= 15 is 0 Å². The molecule has 7 aromatic rings. The number of benzene rings is 6. The van der Waals surface area contributed by atoms with Crippen molar-refractivity contribution in [3.8, 4) is 22.3 Å². The normalized spacial score (nSPS) is 11.4. The summed E-state index contributed by atoms with van der Waals surface area (Å²) in [5.74, 6) is -10.2. The van der Waals surface area contributed by atoms with Crippen molar-refractivity contribution in [2.45, 2.75) is 64.5 Å². The molecule has 7 rings (SSSR count). The van der Waals surface area contributed by atoms with Gasteiger partial charge in [-0.1, -0.05) is 62.0 Å². The predicted octanol–water partition coefficient (Wildman–Crippen LogP) is 17.8. The van der Waals surface area contributed by atoms with Crippen LogP contribution in [0.15, 0.2) is 95.9 Å². The fourth-order valence-corrected chi connectivity index (χ4v) is 8.93. The summed E-state index contributed by atoms with van der Waals surface area (Å²) in [6.07, 6.45) is -14.3. The third-order valence-corrected chi connectivity index (χ3v) is 12.5. The van der Waals surface area contributed by atoms with Gasteiger partial charge in [0, 0.05) is 39.0 Å². The molecule has 0 saturated heterocycles. The molecule has 1 aromatic heterocycles. The van der Waals surface area contributed by atoms with Gasteiger partial charge in [0.25, 0.3) is 0 Å². The van der Waals surface area contributed by atoms with Crippen LogP contribution in [0, 0.1) is 53.5 Å². The number of thiol groups is 1. The molecule has 0 saturated carbocycles. The molecule has 0 aliphatic rings. The molecule has 4 nitrogen and oxygen atoms in total. The van der Waals surface area contributed by atoms with Crippen LogP contribution in [0.5, 0.6) is 0 Å². The molecule has 1 heterocycles. The van der Waals surface area contributed by atoms with Gasteiger partial charge in [0.05, 0.1) is 57.0 Å². The summed E-state index contributed by atoms with van der Waals surface area (Å²) in [5.41, 5.74) is -5.68. The van der Waals surface area contributed by atoms with Crippen LogP contribution in [0.25, 0.3) is 42.4 Å². The molecule has 0 aliphatic carbocycles. The van der Waals surface area contributed by atoms with Crippen LogP contribution in [0.2, 0.25) is 0 Å². The molecule has 0 spiro atoms. The maximum atomic E-state index is 14.5. The van der Waals surface area contributed by atoms with Crippen molar-refractivity contribution in [3.63, 3.8) is 0 Å². The highest BCUT2D eigenvalue weighted by atomic mass is 32.2. The lowest BCUT2D eigenvalue weighted by Gasteiger charge is -2.16. The minimum Gasteiger partial charge on any atom is -0.466 e. The Bertz CT molecular complexity index is 3090. The van der Waals surface area contributed by atoms with Gasteiger partial charge < -0.3 is 9.47 Å². The number of alkyl halides is 9. The molecule has 0 N–H and O–H groups in total. The Morgan fingerprint density at radius 1 is 0.507 bits per heavy atom. The van der Waals surface area contributed by atoms with Gasteiger partial charge in [0.2, 0.25) is 0 Å². The molecule has 75 heavy (non-hydrogen) atoms. The van der Waals surface area contributed by atoms with Crippen molar-refractivity contribution in [3.05, 3.63) is 160 Å². The Kier molecular flexibility index (Phi) is 22.9. The number of thioether (sulfide) groups is 1. The first-order chi connectivity index (χ1) is 34.6. The molecule has 0 bridgehead atoms. The first-order valence-electron chi connectivity index (χ1n) is 21.2. The second-order valence-electron chi connectivity index (χ2n) is 14.8. The van der Waals surface area contributed by atoms with Crippen molar-refractivity contribution in [2.75, 3.05) is 24.7 Å². The monoisotopic (exact) mass is 1140 g/mol. The number of ether oxygens (including phenoxy) is 2. The van der Waals surface area contributed by atoms with Crippen molar-refractivity contribution >= 4 is 67.8 Å². The third kappa shape index (κ3) is 16.0. The van der Waals surface area contributed by atoms with Crippen LogP contribution in [-0.2, 0) is 37.6 Å². The molecule has 0 aliphatic heterocycles. The first kappa shape index (κ1) is 63.3. The first-order valence-corrected chi connectivity index (χ1v) is 23.6. The molecule has 0 fully saturated rings. The van der Waals surface area contributed by atoms with Crippen LogP contribution in [0.1, 0.15) is 56.4 Å². The second-order valence-corrected chi connectivity index (χ2v) is 17.4. The average Bonchev–Trinajstić information content (AvgIpc) is 3.71. The van der Waals surface area contributed by atoms with Crippen LogP contribution in [0.4, 0.5) is 74.6 Å². The molecule has 406 valence electrons. The van der Waals surface area contributed by atoms with Gasteiger partial charge in [-0.3, -0.25) is 9.59 Å². The maximum absolute atomic E-state index is 14.5. The Labute approximate surface area is 431 Å². The summed E-state index contributed by atoms with van der Waals surface area (Å²) in [6.45, 7) is 5.05. The summed E-state index contributed by atoms with van der Waals surface area (Å²) in [7, 11) is 0. The number of carbonyl (C=O) groups is 2. The third-order valence-electron chi connectivity index (χ3n) is 9.92. The van der Waals surface area contributed by atoms with E-state index in [4.69, 9.17) is 4.74 Å². The van der Waals surface area contributed by atoms with Crippen LogP contribution in [0.3, 0.4) is 0 Å². The maximum Gasteiger partial charge on any atom is 0.419 e. The van der Waals surface area contributed by atoms with Gasteiger partial charge in [0.1, 0.15) is 17.5 Å². The number of hydrogen-bond acceptors (Lipinski definition) is 7. The molecule has 0 amide bonds. The summed E-state index contributed by atoms with van der Waals surface area (Å²) < 4.78 is 234. The summed E-state index contributed by atoms with van der Waals surface area (Å²) >= 11 is 5.15. The number of halogens is 17. The minimum absolute atomic E-state index is 0. The van der Waals surface area contributed by atoms with Crippen LogP contribution in [-0.4, -0.2) is 36.7 Å². The van der Waals surface area contributed by atoms with E-state index in [9.17, 15) is 84.2 Å². The zero-order chi connectivity index (χ0) is 55.5. The molecule has 24 heteroatoms. The van der Waals surface area contributed by atoms with E-state index in [1.54, 1.807) is 19.9 Å². The SMILES string of the molecule is C.CCOC(=O)CCS.CCOC(=O)CCSc1c(-c2cccc(F)c2F)ccc(C(F)(F)F)c1F.Cc1c(-c2cccc(F)c2F)ccc(C(F)(F)F)c1F.Fc1cccc2c1sc1c(F)c(C(F)(F)F)ccc12. The Hall–Kier alpha value is -6.01. The van der Waals surface area contributed by atoms with E-state index in [-0.39, 0.29) is 69.4 Å². The fourth-order valence-electron chi connectivity index (χ4n) is 6.56. The smallest absolute Gasteiger partial charge is 0.419 e. The van der Waals surface area contributed by atoms with Gasteiger partial charge in [-0.25, -0.2) is 35.1 Å². The largest absolute Gasteiger partial charge is 0.466 e. The molecule has 0 atom stereocenters. The highest BCUT2D eigenvalue weighted by Crippen LogP contribution is 2.44. The topological polar surface area (TPSA) is 52.6 Å². The van der Waals surface area contributed by atoms with E-state index in [0.717, 1.165) is 43.3 Å². The number of hydrogen-bond donors (Lipinski definition) is 1. The van der Waals surface area contributed by atoms with Crippen molar-refractivity contribution < 1.29 is 93.7 Å². The van der Waals surface area contributed by atoms with E-state index in [1.807, 2.05) is 0 Å². The summed E-state index contributed by atoms with van der Waals surface area (Å²) in [4.78, 5) is 21.2. The number of thiophene rings is 1. The van der Waals surface area contributed by atoms with Gasteiger partial charge in [-0.05, 0) is 68.3 Å². The molecular weight excluding hydrogens is 1100 g/mol. The Morgan fingerprint density at radius 3 is 1.44 bits per heavy atom. The zero-order valence-electron chi connectivity index (χ0n) is 38.2. The van der Waals surface area contributed by atoms with Gasteiger partial charge in [-0.15, -0.1) is 23.1 Å². The Morgan fingerprint density at radius 2 is 0.933 bits per heavy atom. The molecule has 0 radical (unpaired) electrons. The fraction of sp³-hybridized carbons (Fsp3) is 0.255. The van der Waals surface area contributed by atoms with Crippen molar-refractivity contribution in [1.29, 1.82) is 0 Å². The average molecular weight is 1140 g/mol. The van der Waals surface area contributed by atoms with Gasteiger partial charge in [-0.2, -0.15) is 52.1 Å². The Balaban J connectivity index is 0.000000278. The van der Waals surface area contributed by atoms with E-state index in [1.165, 1.54) is 30.3 Å². The lowest BCUT2D eigenvalue weighted by molar-refractivity contribution is -0.143. The van der Waals surface area contributed by atoms with Crippen molar-refractivity contribution in [2.24, 2.45) is 0 Å². The van der Waals surface area contributed by atoms with Crippen molar-refractivity contribution in [1.82, 2.24) is 0 Å². The van der Waals surface area contributed by atoms with E-state index < -0.39 is 92.6 Å². The lowest BCUT2D eigenvalue weighted by atomic mass is 9.97. The standard InChI is InChI=1S/C18H14F6O2S.C14H8F6.C13H5F5S.C5H10O2S.CH4/c1-2-26-14(25)8-9-27-17-11(10-4-3-5-13(19)15(10)20)6-7-12(16(17)21)18(22,23)24;1-7-8(9-3-2-4-11(15)13(9)17)5-6-10(12(7)16)14(18,19)20;14-9-3-1-2-6-7-4-5-8(13(16,17)18)10(15)12(7)19-11(6)9;1-2-7-5(6)3-4-8;/h3-7H,2,8-9H2,1H3;2-6H,1H3;1-5H;8H,2-4H2,1H3;1H4. The summed E-state index contributed by atoms with van der Waals surface area (Å²) in [6, 6.07) is 15.3. The minimum atomic E-state index is -4.96. The molecule has 6 aromatic carbocycles. The number of rotatable bonds is 10. The molecule has 0 unspecified atom stereocenters. The number of esters is 2. The van der Waals surface area contributed by atoms with Gasteiger partial charge in [0.15, 0.2) is 29.1 Å². The van der Waals surface area contributed by atoms with E-state index in [0.29, 0.717) is 70.9 Å². The quantitative estimate of drug-likeness (QED) is 0.0640. The van der Waals surface area contributed by atoms with Crippen LogP contribution < -0.4 is 0 Å². The second kappa shape index (κ2) is 27.2.